The van der Waals surface area contributed by atoms with Crippen molar-refractivity contribution >= 4 is 29.1 Å². The van der Waals surface area contributed by atoms with E-state index in [0.29, 0.717) is 17.1 Å². The molecule has 32 heavy (non-hydrogen) atoms. The molecule has 2 aliphatic rings. The molecule has 0 unspecified atom stereocenters. The lowest BCUT2D eigenvalue weighted by Crippen LogP contribution is -2.38. The van der Waals surface area contributed by atoms with Gasteiger partial charge < -0.3 is 14.7 Å². The molecule has 0 aromatic heterocycles. The standard InChI is InChI=1S/C25H27ClN2O4/c1-17-3-5-18(6-4-17)22-21(23(29)19-7-9-20(26)10-8-19)24(30)25(31)28(22)12-2-11-27-13-15-32-16-14-27/h3-10,22,29H,2,11-16H2,1H3/b23-21+/t22-/m1/s1. The number of Topliss-reactive ketones (excluding diaryl/α,β-unsaturated/α-hetero) is 1. The Balaban J connectivity index is 1.66. The number of hydrogen-bond acceptors (Lipinski definition) is 5. The van der Waals surface area contributed by atoms with E-state index in [1.165, 1.54) is 0 Å². The van der Waals surface area contributed by atoms with Crippen LogP contribution in [0.3, 0.4) is 0 Å². The Hall–Kier alpha value is -2.67. The number of carbonyl (C=O) groups excluding carboxylic acids is 2. The highest BCUT2D eigenvalue weighted by molar-refractivity contribution is 6.46. The maximum atomic E-state index is 13.1. The van der Waals surface area contributed by atoms with Gasteiger partial charge in [-0.05, 0) is 43.2 Å². The van der Waals surface area contributed by atoms with Gasteiger partial charge in [0.05, 0.1) is 24.8 Å². The number of likely N-dealkylation sites (tertiary alicyclic amines) is 1. The molecule has 6 nitrogen and oxygen atoms in total. The monoisotopic (exact) mass is 454 g/mol. The lowest BCUT2D eigenvalue weighted by atomic mass is 9.94. The van der Waals surface area contributed by atoms with Crippen LogP contribution in [0.15, 0.2) is 54.1 Å². The number of hydrogen-bond donors (Lipinski definition) is 1. The van der Waals surface area contributed by atoms with Crippen molar-refractivity contribution in [2.24, 2.45) is 0 Å². The number of halogens is 1. The van der Waals surface area contributed by atoms with Crippen molar-refractivity contribution in [3.63, 3.8) is 0 Å². The number of rotatable bonds is 6. The van der Waals surface area contributed by atoms with E-state index in [1.54, 1.807) is 29.2 Å². The van der Waals surface area contributed by atoms with Crippen LogP contribution in [0.2, 0.25) is 5.02 Å². The summed E-state index contributed by atoms with van der Waals surface area (Å²) in [5.41, 5.74) is 2.46. The number of carbonyl (C=O) groups is 2. The zero-order chi connectivity index (χ0) is 22.7. The van der Waals surface area contributed by atoms with E-state index in [1.807, 2.05) is 31.2 Å². The van der Waals surface area contributed by atoms with Gasteiger partial charge in [0.15, 0.2) is 0 Å². The average Bonchev–Trinajstić information content (AvgIpc) is 3.05. The Kier molecular flexibility index (Phi) is 6.94. The van der Waals surface area contributed by atoms with Crippen molar-refractivity contribution in [2.45, 2.75) is 19.4 Å². The van der Waals surface area contributed by atoms with Crippen molar-refractivity contribution in [2.75, 3.05) is 39.4 Å². The normalized spacial score (nSPS) is 21.3. The van der Waals surface area contributed by atoms with Gasteiger partial charge in [-0.3, -0.25) is 14.5 Å². The third-order valence-corrected chi connectivity index (χ3v) is 6.28. The number of aliphatic hydroxyl groups is 1. The smallest absolute Gasteiger partial charge is 0.295 e. The first kappa shape index (κ1) is 22.5. The van der Waals surface area contributed by atoms with Crippen LogP contribution in [0.25, 0.3) is 5.76 Å². The molecule has 1 N–H and O–H groups in total. The van der Waals surface area contributed by atoms with E-state index in [-0.39, 0.29) is 11.3 Å². The number of aliphatic hydroxyl groups excluding tert-OH is 1. The SMILES string of the molecule is Cc1ccc([C@@H]2/C(=C(\O)c3ccc(Cl)cc3)C(=O)C(=O)N2CCCN2CCOCC2)cc1. The van der Waals surface area contributed by atoms with Crippen LogP contribution in [-0.4, -0.2) is 66.0 Å². The molecule has 1 atom stereocenters. The largest absolute Gasteiger partial charge is 0.507 e. The van der Waals surface area contributed by atoms with Crippen LogP contribution in [0.4, 0.5) is 0 Å². The minimum atomic E-state index is -0.658. The molecule has 0 saturated carbocycles. The topological polar surface area (TPSA) is 70.1 Å². The quantitative estimate of drug-likeness (QED) is 0.408. The second-order valence-electron chi connectivity index (χ2n) is 8.22. The van der Waals surface area contributed by atoms with E-state index in [2.05, 4.69) is 4.90 Å². The number of amides is 1. The summed E-state index contributed by atoms with van der Waals surface area (Å²) in [6.45, 7) is 6.41. The number of morpholine rings is 1. The lowest BCUT2D eigenvalue weighted by molar-refractivity contribution is -0.140. The second-order valence-corrected chi connectivity index (χ2v) is 8.65. The first-order valence-electron chi connectivity index (χ1n) is 10.9. The molecule has 2 saturated heterocycles. The lowest BCUT2D eigenvalue weighted by Gasteiger charge is -2.29. The number of aryl methyl sites for hydroxylation is 1. The van der Waals surface area contributed by atoms with E-state index in [0.717, 1.165) is 50.4 Å². The van der Waals surface area contributed by atoms with Gasteiger partial charge in [0.25, 0.3) is 11.7 Å². The van der Waals surface area contributed by atoms with Crippen LogP contribution in [-0.2, 0) is 14.3 Å². The summed E-state index contributed by atoms with van der Waals surface area (Å²) in [5, 5.41) is 11.6. The van der Waals surface area contributed by atoms with Crippen molar-refractivity contribution < 1.29 is 19.4 Å². The second kappa shape index (κ2) is 9.86. The third kappa shape index (κ3) is 4.72. The minimum Gasteiger partial charge on any atom is -0.507 e. The van der Waals surface area contributed by atoms with Crippen LogP contribution in [0.5, 0.6) is 0 Å². The summed E-state index contributed by atoms with van der Waals surface area (Å²) < 4.78 is 5.39. The van der Waals surface area contributed by atoms with Crippen LogP contribution >= 0.6 is 11.6 Å². The average molecular weight is 455 g/mol. The molecule has 2 fully saturated rings. The molecule has 0 spiro atoms. The van der Waals surface area contributed by atoms with E-state index in [4.69, 9.17) is 16.3 Å². The predicted molar refractivity (Wildman–Crippen MR) is 124 cm³/mol. The minimum absolute atomic E-state index is 0.118. The molecule has 1 amide bonds. The summed E-state index contributed by atoms with van der Waals surface area (Å²) in [4.78, 5) is 30.0. The fourth-order valence-corrected chi connectivity index (χ4v) is 4.38. The van der Waals surface area contributed by atoms with Crippen LogP contribution in [0, 0.1) is 6.92 Å². The molecule has 2 aromatic carbocycles. The van der Waals surface area contributed by atoms with Gasteiger partial charge in [-0.15, -0.1) is 0 Å². The fraction of sp³-hybridized carbons (Fsp3) is 0.360. The molecule has 0 aliphatic carbocycles. The molecule has 168 valence electrons. The highest BCUT2D eigenvalue weighted by atomic mass is 35.5. The zero-order valence-corrected chi connectivity index (χ0v) is 18.8. The molecular formula is C25H27ClN2O4. The molecular weight excluding hydrogens is 428 g/mol. The van der Waals surface area contributed by atoms with Crippen LogP contribution in [0.1, 0.15) is 29.2 Å². The molecule has 2 aliphatic heterocycles. The van der Waals surface area contributed by atoms with Crippen molar-refractivity contribution in [1.29, 1.82) is 0 Å². The summed E-state index contributed by atoms with van der Waals surface area (Å²) >= 11 is 5.97. The Morgan fingerprint density at radius 3 is 2.34 bits per heavy atom. The van der Waals surface area contributed by atoms with E-state index < -0.39 is 17.7 Å². The Morgan fingerprint density at radius 1 is 1.03 bits per heavy atom. The van der Waals surface area contributed by atoms with Gasteiger partial charge in [-0.2, -0.15) is 0 Å². The van der Waals surface area contributed by atoms with Gasteiger partial charge in [0.1, 0.15) is 5.76 Å². The van der Waals surface area contributed by atoms with Crippen LogP contribution < -0.4 is 0 Å². The Bertz CT molecular complexity index is 1010. The molecule has 0 radical (unpaired) electrons. The molecule has 7 heteroatoms. The Morgan fingerprint density at radius 2 is 1.69 bits per heavy atom. The summed E-state index contributed by atoms with van der Waals surface area (Å²) in [6.07, 6.45) is 0.733. The van der Waals surface area contributed by atoms with Crippen molar-refractivity contribution in [3.05, 3.63) is 75.8 Å². The number of ketones is 1. The van der Waals surface area contributed by atoms with Gasteiger partial charge in [0.2, 0.25) is 0 Å². The zero-order valence-electron chi connectivity index (χ0n) is 18.1. The molecule has 2 aromatic rings. The number of ether oxygens (including phenoxy) is 1. The summed E-state index contributed by atoms with van der Waals surface area (Å²) in [5.74, 6) is -1.41. The first-order valence-corrected chi connectivity index (χ1v) is 11.2. The van der Waals surface area contributed by atoms with E-state index >= 15 is 0 Å². The van der Waals surface area contributed by atoms with Gasteiger partial charge >= 0.3 is 0 Å². The van der Waals surface area contributed by atoms with E-state index in [9.17, 15) is 14.7 Å². The molecule has 0 bridgehead atoms. The van der Waals surface area contributed by atoms with Gasteiger partial charge in [-0.25, -0.2) is 0 Å². The number of nitrogens with zero attached hydrogens (tertiary/aromatic N) is 2. The van der Waals surface area contributed by atoms with Crippen molar-refractivity contribution in [1.82, 2.24) is 9.80 Å². The highest BCUT2D eigenvalue weighted by Gasteiger charge is 2.45. The maximum absolute atomic E-state index is 13.1. The third-order valence-electron chi connectivity index (χ3n) is 6.03. The first-order chi connectivity index (χ1) is 15.5. The van der Waals surface area contributed by atoms with Crippen molar-refractivity contribution in [3.8, 4) is 0 Å². The van der Waals surface area contributed by atoms with Gasteiger partial charge in [0, 0.05) is 36.8 Å². The molecule has 2 heterocycles. The summed E-state index contributed by atoms with van der Waals surface area (Å²) in [6, 6.07) is 13.7. The summed E-state index contributed by atoms with van der Waals surface area (Å²) in [7, 11) is 0. The predicted octanol–water partition coefficient (Wildman–Crippen LogP) is 3.79. The molecule has 4 rings (SSSR count). The number of benzene rings is 2. The highest BCUT2D eigenvalue weighted by Crippen LogP contribution is 2.39. The Labute approximate surface area is 193 Å². The maximum Gasteiger partial charge on any atom is 0.295 e. The van der Waals surface area contributed by atoms with Gasteiger partial charge in [-0.1, -0.05) is 41.4 Å². The fourth-order valence-electron chi connectivity index (χ4n) is 4.26.